The van der Waals surface area contributed by atoms with E-state index in [0.717, 1.165) is 19.6 Å². The molecule has 4 heterocycles. The Morgan fingerprint density at radius 2 is 1.90 bits per heavy atom. The van der Waals surface area contributed by atoms with E-state index in [4.69, 9.17) is 39.2 Å². The molecule has 5 N–H and O–H groups in total. The number of carbonyl (C=O) groups excluding carboxylic acids is 1. The fourth-order valence-electron chi connectivity index (χ4n) is 4.50. The molecule has 1 fully saturated rings. The van der Waals surface area contributed by atoms with Crippen LogP contribution in [0.4, 0.5) is 16.8 Å². The highest BCUT2D eigenvalue weighted by Crippen LogP contribution is 2.31. The number of halogens is 2. The van der Waals surface area contributed by atoms with Gasteiger partial charge in [0.15, 0.2) is 22.5 Å². The van der Waals surface area contributed by atoms with Gasteiger partial charge < -0.3 is 26.6 Å². The van der Waals surface area contributed by atoms with Crippen LogP contribution in [0.5, 0.6) is 0 Å². The number of aromatic nitrogens is 4. The largest absolute Gasteiger partial charge is 0.382 e. The lowest BCUT2D eigenvalue weighted by molar-refractivity contribution is 0.0941. The summed E-state index contributed by atoms with van der Waals surface area (Å²) >= 11 is 13.8. The Balaban J connectivity index is 1.34. The predicted molar refractivity (Wildman–Crippen MR) is 159 cm³/mol. The summed E-state index contributed by atoms with van der Waals surface area (Å²) in [5.74, 6) is 0.496. The van der Waals surface area contributed by atoms with Crippen LogP contribution in [-0.4, -0.2) is 69.7 Å². The normalized spacial score (nSPS) is 13.7. The molecule has 1 saturated heterocycles. The topological polar surface area (TPSA) is 149 Å². The van der Waals surface area contributed by atoms with Gasteiger partial charge in [-0.2, -0.15) is 10.4 Å². The highest BCUT2D eigenvalue weighted by molar-refractivity contribution is 7.16. The molecule has 1 aromatic carbocycles. The number of anilines is 3. The first-order valence-corrected chi connectivity index (χ1v) is 14.5. The maximum atomic E-state index is 13.0. The van der Waals surface area contributed by atoms with Crippen molar-refractivity contribution in [2.45, 2.75) is 19.3 Å². The van der Waals surface area contributed by atoms with Crippen molar-refractivity contribution in [2.75, 3.05) is 55.6 Å². The maximum absolute atomic E-state index is 13.0. The van der Waals surface area contributed by atoms with Gasteiger partial charge in [0.2, 0.25) is 0 Å². The van der Waals surface area contributed by atoms with Gasteiger partial charge in [-0.05, 0) is 44.1 Å². The SMILES string of the molecule is N#Cc1sc(NCCNc2nc(-c3ccc(Cl)cc3Cl)cn3nc(C(=O)NCCN4CCCCC4)cc23)nc1N. The molecule has 11 nitrogen and oxygen atoms in total. The number of rotatable bonds is 10. The molecular weight excluding hydrogens is 571 g/mol. The molecule has 0 spiro atoms. The van der Waals surface area contributed by atoms with Crippen LogP contribution in [0.25, 0.3) is 16.8 Å². The lowest BCUT2D eigenvalue weighted by Crippen LogP contribution is -2.37. The number of hydrogen-bond donors (Lipinski definition) is 4. The summed E-state index contributed by atoms with van der Waals surface area (Å²) in [5.41, 5.74) is 7.93. The highest BCUT2D eigenvalue weighted by atomic mass is 35.5. The van der Waals surface area contributed by atoms with E-state index < -0.39 is 0 Å². The number of thiazole rings is 1. The van der Waals surface area contributed by atoms with Crippen LogP contribution < -0.4 is 21.7 Å². The van der Waals surface area contributed by atoms with E-state index in [1.807, 2.05) is 6.07 Å². The maximum Gasteiger partial charge on any atom is 0.271 e. The predicted octanol–water partition coefficient (Wildman–Crippen LogP) is 4.35. The third-order valence-corrected chi connectivity index (χ3v) is 7.99. The van der Waals surface area contributed by atoms with E-state index in [2.05, 4.69) is 30.9 Å². The molecule has 1 amide bonds. The average Bonchev–Trinajstić information content (AvgIpc) is 3.54. The summed E-state index contributed by atoms with van der Waals surface area (Å²) in [5, 5.41) is 24.6. The zero-order chi connectivity index (χ0) is 28.1. The molecule has 40 heavy (non-hydrogen) atoms. The van der Waals surface area contributed by atoms with E-state index in [9.17, 15) is 4.79 Å². The van der Waals surface area contributed by atoms with Crippen LogP contribution in [0.15, 0.2) is 30.5 Å². The number of piperidine rings is 1. The molecule has 0 aliphatic carbocycles. The van der Waals surface area contributed by atoms with E-state index >= 15 is 0 Å². The monoisotopic (exact) mass is 598 g/mol. The molecule has 0 radical (unpaired) electrons. The summed E-state index contributed by atoms with van der Waals surface area (Å²) in [4.78, 5) is 24.6. The molecule has 5 rings (SSSR count). The minimum atomic E-state index is -0.242. The number of nitriles is 1. The van der Waals surface area contributed by atoms with Gasteiger partial charge in [-0.15, -0.1) is 0 Å². The Kier molecular flexibility index (Phi) is 8.86. The molecule has 4 aromatic rings. The zero-order valence-corrected chi connectivity index (χ0v) is 23.9. The molecular formula is C26H28Cl2N10OS. The highest BCUT2D eigenvalue weighted by Gasteiger charge is 2.18. The van der Waals surface area contributed by atoms with Crippen molar-refractivity contribution in [1.82, 2.24) is 29.8 Å². The van der Waals surface area contributed by atoms with Crippen LogP contribution in [0.1, 0.15) is 34.6 Å². The zero-order valence-electron chi connectivity index (χ0n) is 21.6. The molecule has 1 aliphatic rings. The minimum Gasteiger partial charge on any atom is -0.382 e. The summed E-state index contributed by atoms with van der Waals surface area (Å²) in [6.45, 7) is 4.47. The first kappa shape index (κ1) is 27.9. The molecule has 208 valence electrons. The van der Waals surface area contributed by atoms with Crippen molar-refractivity contribution in [3.63, 3.8) is 0 Å². The quantitative estimate of drug-likeness (QED) is 0.195. The number of nitrogens with two attached hydrogens (primary N) is 1. The Hall–Kier alpha value is -3.63. The smallest absolute Gasteiger partial charge is 0.271 e. The van der Waals surface area contributed by atoms with Crippen molar-refractivity contribution < 1.29 is 4.79 Å². The van der Waals surface area contributed by atoms with Crippen LogP contribution >= 0.6 is 34.5 Å². The van der Waals surface area contributed by atoms with Crippen molar-refractivity contribution in [2.24, 2.45) is 0 Å². The van der Waals surface area contributed by atoms with Crippen LogP contribution in [0.2, 0.25) is 10.0 Å². The van der Waals surface area contributed by atoms with Gasteiger partial charge in [0.1, 0.15) is 16.5 Å². The van der Waals surface area contributed by atoms with Crippen LogP contribution in [0, 0.1) is 11.3 Å². The first-order valence-electron chi connectivity index (χ1n) is 12.9. The molecule has 14 heteroatoms. The van der Waals surface area contributed by atoms with Gasteiger partial charge in [-0.3, -0.25) is 4.79 Å². The van der Waals surface area contributed by atoms with Crippen LogP contribution in [-0.2, 0) is 0 Å². The van der Waals surface area contributed by atoms with E-state index in [1.165, 1.54) is 30.6 Å². The number of nitrogens with one attached hydrogen (secondary N) is 3. The molecule has 0 unspecified atom stereocenters. The number of likely N-dealkylation sites (tertiary alicyclic amines) is 1. The van der Waals surface area contributed by atoms with E-state index in [1.54, 1.807) is 35.0 Å². The summed E-state index contributed by atoms with van der Waals surface area (Å²) in [6.07, 6.45) is 5.42. The van der Waals surface area contributed by atoms with E-state index in [0.29, 0.717) is 68.0 Å². The number of nitrogen functional groups attached to an aromatic ring is 1. The number of carbonyl (C=O) groups is 1. The number of amides is 1. The summed E-state index contributed by atoms with van der Waals surface area (Å²) in [7, 11) is 0. The number of nitrogens with zero attached hydrogens (tertiary/aromatic N) is 6. The average molecular weight is 600 g/mol. The van der Waals surface area contributed by atoms with Gasteiger partial charge in [0, 0.05) is 42.8 Å². The van der Waals surface area contributed by atoms with Crippen molar-refractivity contribution >= 4 is 62.7 Å². The number of fused-ring (bicyclic) bond motifs is 1. The Labute approximate surface area is 245 Å². The Morgan fingerprint density at radius 3 is 2.65 bits per heavy atom. The van der Waals surface area contributed by atoms with Crippen molar-refractivity contribution in [3.8, 4) is 17.3 Å². The van der Waals surface area contributed by atoms with E-state index in [-0.39, 0.29) is 11.7 Å². The second kappa shape index (κ2) is 12.7. The van der Waals surface area contributed by atoms with Gasteiger partial charge in [0.25, 0.3) is 5.91 Å². The second-order valence-corrected chi connectivity index (χ2v) is 11.2. The molecule has 3 aromatic heterocycles. The first-order chi connectivity index (χ1) is 19.4. The van der Waals surface area contributed by atoms with Gasteiger partial charge >= 0.3 is 0 Å². The Bertz CT molecular complexity index is 1560. The molecule has 0 bridgehead atoms. The van der Waals surface area contributed by atoms with Gasteiger partial charge in [0.05, 0.1) is 16.9 Å². The minimum absolute atomic E-state index is 0.208. The molecule has 0 atom stereocenters. The third-order valence-electron chi connectivity index (χ3n) is 6.51. The third kappa shape index (κ3) is 6.56. The number of benzene rings is 1. The lowest BCUT2D eigenvalue weighted by Gasteiger charge is -2.26. The molecule has 0 saturated carbocycles. The molecule has 1 aliphatic heterocycles. The number of hydrogen-bond acceptors (Lipinski definition) is 10. The fraction of sp³-hybridized carbons (Fsp3) is 0.346. The fourth-order valence-corrected chi connectivity index (χ4v) is 5.71. The summed E-state index contributed by atoms with van der Waals surface area (Å²) in [6, 6.07) is 8.93. The summed E-state index contributed by atoms with van der Waals surface area (Å²) < 4.78 is 1.63. The second-order valence-electron chi connectivity index (χ2n) is 9.32. The lowest BCUT2D eigenvalue weighted by atomic mass is 10.1. The Morgan fingerprint density at radius 1 is 1.10 bits per heavy atom. The standard InChI is InChI=1S/C26H28Cl2N10OS/c27-16-4-5-17(18(28)12-16)20-15-38-21(13-19(36-38)25(39)32-8-11-37-9-2-1-3-10-37)24(34-20)31-6-7-33-26-35-23(30)22(14-29)40-26/h4-5,12-13,15H,1-3,6-11,30H2,(H,31,34)(H,32,39)(H,33,35). The van der Waals surface area contributed by atoms with Crippen molar-refractivity contribution in [3.05, 3.63) is 51.1 Å². The van der Waals surface area contributed by atoms with Gasteiger partial charge in [-0.25, -0.2) is 14.5 Å². The van der Waals surface area contributed by atoms with Gasteiger partial charge in [-0.1, -0.05) is 41.0 Å². The van der Waals surface area contributed by atoms with Crippen molar-refractivity contribution in [1.29, 1.82) is 5.26 Å². The van der Waals surface area contributed by atoms with Crippen LogP contribution in [0.3, 0.4) is 0 Å².